The molecule has 6 heteroatoms. The van der Waals surface area contributed by atoms with Crippen LogP contribution in [0.1, 0.15) is 0 Å². The molecule has 0 aliphatic rings. The van der Waals surface area contributed by atoms with Gasteiger partial charge >= 0.3 is 0 Å². The van der Waals surface area contributed by atoms with Gasteiger partial charge in [-0.3, -0.25) is 0 Å². The van der Waals surface area contributed by atoms with Crippen LogP contribution in [0.25, 0.3) is 22.4 Å². The minimum atomic E-state index is 0.309. The molecule has 0 atom stereocenters. The molecule has 0 radical (unpaired) electrons. The van der Waals surface area contributed by atoms with Crippen molar-refractivity contribution in [3.63, 3.8) is 0 Å². The molecule has 0 aliphatic carbocycles. The van der Waals surface area contributed by atoms with E-state index in [1.165, 1.54) is 0 Å². The molecule has 1 aromatic heterocycles. The number of nitrogens with zero attached hydrogens (tertiary/aromatic N) is 1. The van der Waals surface area contributed by atoms with Crippen molar-refractivity contribution >= 4 is 53.7 Å². The van der Waals surface area contributed by atoms with E-state index in [1.54, 1.807) is 0 Å². The molecule has 1 heterocycles. The van der Waals surface area contributed by atoms with Gasteiger partial charge in [-0.2, -0.15) is 0 Å². The first-order chi connectivity index (χ1) is 10.0. The van der Waals surface area contributed by atoms with Gasteiger partial charge in [0.15, 0.2) is 0 Å². The van der Waals surface area contributed by atoms with Crippen molar-refractivity contribution in [1.82, 2.24) is 5.16 Å². The van der Waals surface area contributed by atoms with Crippen molar-refractivity contribution < 1.29 is 4.52 Å². The fourth-order valence-corrected chi connectivity index (χ4v) is 3.64. The van der Waals surface area contributed by atoms with Crippen LogP contribution in [0.2, 0.25) is 0 Å². The molecule has 2 aromatic carbocycles. The highest BCUT2D eigenvalue weighted by atomic mass is 79.9. The largest absolute Gasteiger partial charge is 0.367 e. The summed E-state index contributed by atoms with van der Waals surface area (Å²) in [6.45, 7) is 0. The molecule has 3 aromatic rings. The van der Waals surface area contributed by atoms with Gasteiger partial charge in [0.1, 0.15) is 5.69 Å². The Morgan fingerprint density at radius 3 is 2.05 bits per heavy atom. The third-order valence-electron chi connectivity index (χ3n) is 2.99. The number of rotatable bonds is 2. The van der Waals surface area contributed by atoms with E-state index in [0.29, 0.717) is 5.88 Å². The third-order valence-corrected chi connectivity index (χ3v) is 4.43. The van der Waals surface area contributed by atoms with Gasteiger partial charge in [0.25, 0.3) is 0 Å². The van der Waals surface area contributed by atoms with Crippen LogP contribution in [0.4, 0.5) is 5.88 Å². The summed E-state index contributed by atoms with van der Waals surface area (Å²) in [6, 6.07) is 13.8. The van der Waals surface area contributed by atoms with Crippen LogP contribution in [0.15, 0.2) is 60.4 Å². The zero-order chi connectivity index (χ0) is 15.0. The van der Waals surface area contributed by atoms with Crippen molar-refractivity contribution in [2.45, 2.75) is 0 Å². The number of benzene rings is 2. The lowest BCUT2D eigenvalue weighted by Gasteiger charge is -2.04. The summed E-state index contributed by atoms with van der Waals surface area (Å²) in [7, 11) is 0. The average Bonchev–Trinajstić information content (AvgIpc) is 2.80. The van der Waals surface area contributed by atoms with Crippen LogP contribution >= 0.6 is 47.8 Å². The molecule has 0 bridgehead atoms. The maximum absolute atomic E-state index is 5.96. The van der Waals surface area contributed by atoms with Gasteiger partial charge in [0.05, 0.1) is 5.56 Å². The zero-order valence-electron chi connectivity index (χ0n) is 10.6. The molecule has 106 valence electrons. The molecule has 0 unspecified atom stereocenters. The first kappa shape index (κ1) is 14.8. The minimum Gasteiger partial charge on any atom is -0.367 e. The quantitative estimate of drug-likeness (QED) is 0.507. The molecule has 0 spiro atoms. The van der Waals surface area contributed by atoms with Crippen molar-refractivity contribution in [1.29, 1.82) is 0 Å². The van der Waals surface area contributed by atoms with Crippen LogP contribution in [-0.2, 0) is 0 Å². The number of hydrogen-bond acceptors (Lipinski definition) is 3. The monoisotopic (exact) mass is 470 g/mol. The first-order valence-electron chi connectivity index (χ1n) is 6.02. The van der Waals surface area contributed by atoms with Gasteiger partial charge in [-0.25, -0.2) is 0 Å². The molecule has 3 rings (SSSR count). The maximum Gasteiger partial charge on any atom is 0.230 e. The summed E-state index contributed by atoms with van der Waals surface area (Å²) >= 11 is 10.4. The molecule has 0 amide bonds. The van der Waals surface area contributed by atoms with Crippen LogP contribution in [0, 0.1) is 0 Å². The topological polar surface area (TPSA) is 52.0 Å². The van der Waals surface area contributed by atoms with Crippen LogP contribution < -0.4 is 5.73 Å². The van der Waals surface area contributed by atoms with E-state index in [-0.39, 0.29) is 0 Å². The Kier molecular flexibility index (Phi) is 4.19. The summed E-state index contributed by atoms with van der Waals surface area (Å²) in [5, 5.41) is 4.11. The van der Waals surface area contributed by atoms with Crippen molar-refractivity contribution in [3.05, 3.63) is 55.9 Å². The van der Waals surface area contributed by atoms with Crippen LogP contribution in [-0.4, -0.2) is 5.16 Å². The molecule has 2 N–H and O–H groups in total. The number of hydrogen-bond donors (Lipinski definition) is 1. The highest BCUT2D eigenvalue weighted by Crippen LogP contribution is 2.38. The number of anilines is 1. The molecule has 0 saturated heterocycles. The highest BCUT2D eigenvalue weighted by molar-refractivity contribution is 9.11. The Morgan fingerprint density at radius 1 is 0.810 bits per heavy atom. The summed E-state index contributed by atoms with van der Waals surface area (Å²) < 4.78 is 8.12. The van der Waals surface area contributed by atoms with Crippen molar-refractivity contribution in [2.24, 2.45) is 0 Å². The Morgan fingerprint density at radius 2 is 1.43 bits per heavy atom. The minimum absolute atomic E-state index is 0.309. The fraction of sp³-hybridized carbons (Fsp3) is 0. The third kappa shape index (κ3) is 3.07. The number of halogens is 3. The lowest BCUT2D eigenvalue weighted by atomic mass is 10.0. The second kappa shape index (κ2) is 5.94. The summed E-state index contributed by atoms with van der Waals surface area (Å²) in [4.78, 5) is 0. The maximum atomic E-state index is 5.96. The molecular weight excluding hydrogens is 464 g/mol. The zero-order valence-corrected chi connectivity index (χ0v) is 15.4. The van der Waals surface area contributed by atoms with Gasteiger partial charge < -0.3 is 10.3 Å². The second-order valence-corrected chi connectivity index (χ2v) is 7.18. The Bertz CT molecular complexity index is 777. The Balaban J connectivity index is 2.19. The van der Waals surface area contributed by atoms with E-state index in [0.717, 1.165) is 35.8 Å². The molecular formula is C15H9Br3N2O. The molecule has 3 nitrogen and oxygen atoms in total. The predicted octanol–water partition coefficient (Wildman–Crippen LogP) is 5.88. The van der Waals surface area contributed by atoms with E-state index < -0.39 is 0 Å². The standard InChI is InChI=1S/C15H9Br3N2O/c16-10-3-1-8(2-4-10)13-14(20-21-15(13)19)9-5-11(17)7-12(18)6-9/h1-7H,19H2. The molecule has 0 aliphatic heterocycles. The molecule has 0 saturated carbocycles. The SMILES string of the molecule is Nc1onc(-c2cc(Br)cc(Br)c2)c1-c1ccc(Br)cc1. The van der Waals surface area contributed by atoms with E-state index in [2.05, 4.69) is 52.9 Å². The molecule has 0 fully saturated rings. The van der Waals surface area contributed by atoms with E-state index in [4.69, 9.17) is 10.3 Å². The van der Waals surface area contributed by atoms with Crippen molar-refractivity contribution in [2.75, 3.05) is 5.73 Å². The first-order valence-corrected chi connectivity index (χ1v) is 8.40. The summed E-state index contributed by atoms with van der Waals surface area (Å²) in [6.07, 6.45) is 0. The Labute approximate surface area is 146 Å². The van der Waals surface area contributed by atoms with Gasteiger partial charge in [-0.15, -0.1) is 0 Å². The number of nitrogens with two attached hydrogens (primary N) is 1. The molecule has 21 heavy (non-hydrogen) atoms. The number of aromatic nitrogens is 1. The van der Waals surface area contributed by atoms with E-state index in [9.17, 15) is 0 Å². The van der Waals surface area contributed by atoms with E-state index >= 15 is 0 Å². The lowest BCUT2D eigenvalue weighted by molar-refractivity contribution is 0.439. The number of nitrogen functional groups attached to an aromatic ring is 1. The van der Waals surface area contributed by atoms with Gasteiger partial charge in [-0.05, 0) is 35.9 Å². The average molecular weight is 473 g/mol. The Hall–Kier alpha value is -1.11. The van der Waals surface area contributed by atoms with Crippen molar-refractivity contribution in [3.8, 4) is 22.4 Å². The normalized spacial score (nSPS) is 10.8. The van der Waals surface area contributed by atoms with Crippen LogP contribution in [0.3, 0.4) is 0 Å². The second-order valence-electron chi connectivity index (χ2n) is 4.44. The summed E-state index contributed by atoms with van der Waals surface area (Å²) in [5.74, 6) is 0.309. The smallest absolute Gasteiger partial charge is 0.230 e. The highest BCUT2D eigenvalue weighted by Gasteiger charge is 2.18. The van der Waals surface area contributed by atoms with E-state index in [1.807, 2.05) is 42.5 Å². The fourth-order valence-electron chi connectivity index (χ4n) is 2.09. The van der Waals surface area contributed by atoms with Gasteiger partial charge in [0, 0.05) is 19.0 Å². The van der Waals surface area contributed by atoms with Crippen LogP contribution in [0.5, 0.6) is 0 Å². The van der Waals surface area contributed by atoms with Gasteiger partial charge in [-0.1, -0.05) is 65.1 Å². The van der Waals surface area contributed by atoms with Gasteiger partial charge in [0.2, 0.25) is 5.88 Å². The summed E-state index contributed by atoms with van der Waals surface area (Å²) in [5.41, 5.74) is 9.37. The lowest BCUT2D eigenvalue weighted by Crippen LogP contribution is -1.88. The predicted molar refractivity (Wildman–Crippen MR) is 94.9 cm³/mol.